The van der Waals surface area contributed by atoms with Gasteiger partial charge in [0.2, 0.25) is 5.89 Å². The van der Waals surface area contributed by atoms with Crippen LogP contribution in [-0.2, 0) is 15.9 Å². The van der Waals surface area contributed by atoms with Crippen molar-refractivity contribution in [3.05, 3.63) is 11.7 Å². The predicted octanol–water partition coefficient (Wildman–Crippen LogP) is -0.330. The minimum absolute atomic E-state index is 0.0318. The predicted molar refractivity (Wildman–Crippen MR) is 62.1 cm³/mol. The van der Waals surface area contributed by atoms with Crippen LogP contribution in [-0.4, -0.2) is 54.8 Å². The van der Waals surface area contributed by atoms with Gasteiger partial charge in [-0.05, 0) is 6.42 Å². The fourth-order valence-electron chi connectivity index (χ4n) is 1.82. The summed E-state index contributed by atoms with van der Waals surface area (Å²) in [6.07, 6.45) is 0.900. The highest BCUT2D eigenvalue weighted by atomic mass is 16.5. The van der Waals surface area contributed by atoms with Gasteiger partial charge in [-0.2, -0.15) is 4.98 Å². The zero-order chi connectivity index (χ0) is 12.8. The number of aliphatic hydroxyl groups is 1. The van der Waals surface area contributed by atoms with E-state index in [1.807, 2.05) is 0 Å². The van der Waals surface area contributed by atoms with E-state index >= 15 is 0 Å². The topological polar surface area (TPSA) is 89.6 Å². The molecule has 1 saturated heterocycles. The van der Waals surface area contributed by atoms with Gasteiger partial charge in [0.1, 0.15) is 0 Å². The van der Waals surface area contributed by atoms with Crippen LogP contribution in [0, 0.1) is 0 Å². The Balaban J connectivity index is 1.72. The van der Waals surface area contributed by atoms with Gasteiger partial charge in [-0.3, -0.25) is 0 Å². The molecule has 0 bridgehead atoms. The van der Waals surface area contributed by atoms with Crippen molar-refractivity contribution >= 4 is 0 Å². The summed E-state index contributed by atoms with van der Waals surface area (Å²) < 4.78 is 15.4. The van der Waals surface area contributed by atoms with E-state index in [0.29, 0.717) is 50.9 Å². The van der Waals surface area contributed by atoms with E-state index in [9.17, 15) is 5.11 Å². The molecule has 7 nitrogen and oxygen atoms in total. The quantitative estimate of drug-likeness (QED) is 0.646. The van der Waals surface area contributed by atoms with Crippen molar-refractivity contribution in [3.63, 3.8) is 0 Å². The molecule has 2 N–H and O–H groups in total. The molecule has 1 aliphatic rings. The maximum atomic E-state index is 9.41. The van der Waals surface area contributed by atoms with Crippen LogP contribution in [0.25, 0.3) is 0 Å². The molecule has 1 aromatic rings. The third kappa shape index (κ3) is 3.74. The van der Waals surface area contributed by atoms with Crippen LogP contribution in [0.2, 0.25) is 0 Å². The molecule has 0 unspecified atom stereocenters. The Morgan fingerprint density at radius 3 is 3.06 bits per heavy atom. The van der Waals surface area contributed by atoms with E-state index in [4.69, 9.17) is 14.0 Å². The van der Waals surface area contributed by atoms with Crippen LogP contribution >= 0.6 is 0 Å². The molecule has 0 radical (unpaired) electrons. The van der Waals surface area contributed by atoms with E-state index in [2.05, 4.69) is 15.5 Å². The van der Waals surface area contributed by atoms with Gasteiger partial charge >= 0.3 is 0 Å². The van der Waals surface area contributed by atoms with Gasteiger partial charge in [0.05, 0.1) is 32.0 Å². The highest BCUT2D eigenvalue weighted by Crippen LogP contribution is 2.21. The summed E-state index contributed by atoms with van der Waals surface area (Å²) in [5, 5.41) is 16.4. The number of β-amino-alcohol motifs (C(OH)–C–C–N with tert-alkyl or cyclic N) is 1. The number of aliphatic hydroxyl groups excluding tert-OH is 1. The van der Waals surface area contributed by atoms with Crippen LogP contribution in [0.4, 0.5) is 0 Å². The third-order valence-electron chi connectivity index (χ3n) is 2.79. The molecule has 0 aliphatic carbocycles. The molecular formula is C11H19N3O4. The summed E-state index contributed by atoms with van der Waals surface area (Å²) in [6.45, 7) is 2.27. The van der Waals surface area contributed by atoms with E-state index < -0.39 is 0 Å². The molecular weight excluding hydrogens is 238 g/mol. The highest BCUT2D eigenvalue weighted by molar-refractivity contribution is 4.97. The Labute approximate surface area is 105 Å². The van der Waals surface area contributed by atoms with Crippen LogP contribution in [0.15, 0.2) is 4.52 Å². The lowest BCUT2D eigenvalue weighted by molar-refractivity contribution is 0.0714. The number of hydrogen-bond acceptors (Lipinski definition) is 7. The van der Waals surface area contributed by atoms with Crippen molar-refractivity contribution in [2.45, 2.75) is 25.0 Å². The van der Waals surface area contributed by atoms with Crippen molar-refractivity contribution in [2.75, 3.05) is 33.5 Å². The highest BCUT2D eigenvalue weighted by Gasteiger charge is 2.27. The van der Waals surface area contributed by atoms with Crippen molar-refractivity contribution in [1.82, 2.24) is 15.5 Å². The molecule has 102 valence electrons. The second-order valence-electron chi connectivity index (χ2n) is 4.25. The summed E-state index contributed by atoms with van der Waals surface area (Å²) >= 11 is 0. The van der Waals surface area contributed by atoms with Crippen LogP contribution in [0.5, 0.6) is 0 Å². The minimum atomic E-state index is -0.331. The SMILES string of the molecule is COCCOCCc1noc([C@H]2C[C@H](O)CN2)n1. The smallest absolute Gasteiger partial charge is 0.243 e. The lowest BCUT2D eigenvalue weighted by atomic mass is 10.2. The van der Waals surface area contributed by atoms with Crippen molar-refractivity contribution in [3.8, 4) is 0 Å². The van der Waals surface area contributed by atoms with Gasteiger partial charge in [-0.25, -0.2) is 0 Å². The number of hydrogen-bond donors (Lipinski definition) is 2. The maximum absolute atomic E-state index is 9.41. The fraction of sp³-hybridized carbons (Fsp3) is 0.818. The number of aromatic nitrogens is 2. The summed E-state index contributed by atoms with van der Waals surface area (Å²) in [7, 11) is 1.64. The Kier molecular flexibility index (Phi) is 5.06. The molecule has 2 atom stereocenters. The molecule has 1 aliphatic heterocycles. The van der Waals surface area contributed by atoms with E-state index in [0.717, 1.165) is 0 Å². The Bertz CT molecular complexity index is 358. The number of ether oxygens (including phenoxy) is 2. The standard InChI is InChI=1S/C11H19N3O4/c1-16-4-5-17-3-2-10-13-11(18-14-10)9-6-8(15)7-12-9/h8-9,12,15H,2-7H2,1H3/t8-,9+/m0/s1. The lowest BCUT2D eigenvalue weighted by Crippen LogP contribution is -2.15. The Hall–Kier alpha value is -1.02. The Morgan fingerprint density at radius 1 is 1.44 bits per heavy atom. The lowest BCUT2D eigenvalue weighted by Gasteiger charge is -2.02. The van der Waals surface area contributed by atoms with E-state index in [-0.39, 0.29) is 12.1 Å². The number of nitrogens with zero attached hydrogens (tertiary/aromatic N) is 2. The monoisotopic (exact) mass is 257 g/mol. The zero-order valence-electron chi connectivity index (χ0n) is 10.5. The largest absolute Gasteiger partial charge is 0.392 e. The van der Waals surface area contributed by atoms with Gasteiger partial charge in [0, 0.05) is 20.1 Å². The van der Waals surface area contributed by atoms with Crippen LogP contribution in [0.3, 0.4) is 0 Å². The zero-order valence-corrected chi connectivity index (χ0v) is 10.5. The molecule has 7 heteroatoms. The molecule has 2 rings (SSSR count). The van der Waals surface area contributed by atoms with Gasteiger partial charge in [-0.15, -0.1) is 0 Å². The number of rotatable bonds is 7. The van der Waals surface area contributed by atoms with Crippen LogP contribution in [0.1, 0.15) is 24.2 Å². The van der Waals surface area contributed by atoms with E-state index in [1.54, 1.807) is 7.11 Å². The normalized spacial score (nSPS) is 23.7. The molecule has 0 amide bonds. The average molecular weight is 257 g/mol. The first-order valence-electron chi connectivity index (χ1n) is 6.10. The number of nitrogens with one attached hydrogen (secondary N) is 1. The van der Waals surface area contributed by atoms with Crippen LogP contribution < -0.4 is 5.32 Å². The van der Waals surface area contributed by atoms with Gasteiger partial charge in [-0.1, -0.05) is 5.16 Å². The fourth-order valence-corrected chi connectivity index (χ4v) is 1.82. The average Bonchev–Trinajstić information content (AvgIpc) is 2.97. The Morgan fingerprint density at radius 2 is 2.33 bits per heavy atom. The second-order valence-corrected chi connectivity index (χ2v) is 4.25. The molecule has 18 heavy (non-hydrogen) atoms. The summed E-state index contributed by atoms with van der Waals surface area (Å²) in [4.78, 5) is 4.28. The summed E-state index contributed by atoms with van der Waals surface area (Å²) in [6, 6.07) is -0.0318. The summed E-state index contributed by atoms with van der Waals surface area (Å²) in [5.41, 5.74) is 0. The van der Waals surface area contributed by atoms with Gasteiger partial charge in [0.15, 0.2) is 5.82 Å². The van der Waals surface area contributed by atoms with E-state index in [1.165, 1.54) is 0 Å². The first-order chi connectivity index (χ1) is 8.79. The van der Waals surface area contributed by atoms with Crippen molar-refractivity contribution in [1.29, 1.82) is 0 Å². The van der Waals surface area contributed by atoms with Gasteiger partial charge < -0.3 is 24.4 Å². The molecule has 0 saturated carbocycles. The molecule has 1 fully saturated rings. The molecule has 0 aromatic carbocycles. The third-order valence-corrected chi connectivity index (χ3v) is 2.79. The second kappa shape index (κ2) is 6.79. The maximum Gasteiger partial charge on any atom is 0.243 e. The molecule has 1 aromatic heterocycles. The van der Waals surface area contributed by atoms with Gasteiger partial charge in [0.25, 0.3) is 0 Å². The summed E-state index contributed by atoms with van der Waals surface area (Å²) in [5.74, 6) is 1.17. The molecule has 2 heterocycles. The minimum Gasteiger partial charge on any atom is -0.392 e. The molecule has 0 spiro atoms. The first-order valence-corrected chi connectivity index (χ1v) is 6.10. The first kappa shape index (κ1) is 13.4. The van der Waals surface area contributed by atoms with Crippen molar-refractivity contribution in [2.24, 2.45) is 0 Å². The van der Waals surface area contributed by atoms with Crippen molar-refractivity contribution < 1.29 is 19.1 Å². The number of methoxy groups -OCH3 is 1.